The van der Waals surface area contributed by atoms with Gasteiger partial charge in [-0.3, -0.25) is 9.59 Å². The SMILES string of the molecule is NC(=O)c1c(NC(=O)CSc2nncs2)sc2c1CCCC2. The molecule has 0 unspecified atom stereocenters. The molecule has 3 N–H and O–H groups in total. The summed E-state index contributed by atoms with van der Waals surface area (Å²) in [6.07, 6.45) is 3.99. The summed E-state index contributed by atoms with van der Waals surface area (Å²) in [7, 11) is 0. The summed E-state index contributed by atoms with van der Waals surface area (Å²) >= 11 is 4.19. The van der Waals surface area contributed by atoms with E-state index in [1.807, 2.05) is 0 Å². The Labute approximate surface area is 139 Å². The molecule has 9 heteroatoms. The van der Waals surface area contributed by atoms with Crippen molar-refractivity contribution in [1.29, 1.82) is 0 Å². The average molecular weight is 354 g/mol. The summed E-state index contributed by atoms with van der Waals surface area (Å²) in [5.74, 6) is -0.400. The number of hydrogen-bond acceptors (Lipinski definition) is 7. The van der Waals surface area contributed by atoms with Gasteiger partial charge in [-0.15, -0.1) is 21.5 Å². The fourth-order valence-electron chi connectivity index (χ4n) is 2.43. The Balaban J connectivity index is 1.72. The Bertz CT molecular complexity index is 696. The lowest BCUT2D eigenvalue weighted by Crippen LogP contribution is -2.19. The number of aryl methyl sites for hydroxylation is 1. The van der Waals surface area contributed by atoms with Gasteiger partial charge >= 0.3 is 0 Å². The molecular formula is C13H14N4O2S3. The number of primary amides is 1. The molecule has 2 aromatic rings. The normalized spacial score (nSPS) is 13.6. The van der Waals surface area contributed by atoms with E-state index in [2.05, 4.69) is 15.5 Å². The van der Waals surface area contributed by atoms with Gasteiger partial charge in [0.25, 0.3) is 5.91 Å². The molecule has 0 radical (unpaired) electrons. The van der Waals surface area contributed by atoms with Crippen molar-refractivity contribution in [2.45, 2.75) is 30.0 Å². The van der Waals surface area contributed by atoms with Crippen LogP contribution in [0.3, 0.4) is 0 Å². The zero-order valence-corrected chi connectivity index (χ0v) is 14.1. The number of fused-ring (bicyclic) bond motifs is 1. The summed E-state index contributed by atoms with van der Waals surface area (Å²) in [6, 6.07) is 0. The van der Waals surface area contributed by atoms with Crippen molar-refractivity contribution in [2.24, 2.45) is 5.73 Å². The highest BCUT2D eigenvalue weighted by Gasteiger charge is 2.24. The minimum Gasteiger partial charge on any atom is -0.365 e. The maximum absolute atomic E-state index is 12.1. The number of rotatable bonds is 5. The van der Waals surface area contributed by atoms with E-state index < -0.39 is 5.91 Å². The summed E-state index contributed by atoms with van der Waals surface area (Å²) in [6.45, 7) is 0. The summed E-state index contributed by atoms with van der Waals surface area (Å²) < 4.78 is 0.746. The number of carbonyl (C=O) groups excluding carboxylic acids is 2. The summed E-state index contributed by atoms with van der Waals surface area (Å²) in [5.41, 5.74) is 8.65. The molecule has 116 valence electrons. The number of carbonyl (C=O) groups is 2. The first-order valence-corrected chi connectivity index (χ1v) is 9.46. The van der Waals surface area contributed by atoms with Gasteiger partial charge in [0, 0.05) is 4.88 Å². The van der Waals surface area contributed by atoms with E-state index in [0.29, 0.717) is 10.6 Å². The molecule has 0 fully saturated rings. The predicted octanol–water partition coefficient (Wildman–Crippen LogP) is 2.31. The van der Waals surface area contributed by atoms with Crippen LogP contribution in [0.25, 0.3) is 0 Å². The van der Waals surface area contributed by atoms with Crippen LogP contribution < -0.4 is 11.1 Å². The number of amides is 2. The molecule has 0 saturated carbocycles. The molecule has 0 atom stereocenters. The number of aromatic nitrogens is 2. The Hall–Kier alpha value is -1.45. The number of nitrogens with two attached hydrogens (primary N) is 1. The van der Waals surface area contributed by atoms with Gasteiger partial charge in [0.2, 0.25) is 5.91 Å². The zero-order chi connectivity index (χ0) is 15.5. The van der Waals surface area contributed by atoms with Crippen LogP contribution in [-0.4, -0.2) is 27.8 Å². The van der Waals surface area contributed by atoms with Crippen molar-refractivity contribution in [3.8, 4) is 0 Å². The molecule has 2 amide bonds. The molecule has 2 aromatic heterocycles. The first kappa shape index (κ1) is 15.4. The summed E-state index contributed by atoms with van der Waals surface area (Å²) in [4.78, 5) is 25.0. The second kappa shape index (κ2) is 6.76. The van der Waals surface area contributed by atoms with Crippen molar-refractivity contribution in [3.05, 3.63) is 21.5 Å². The molecule has 1 aliphatic carbocycles. The minimum absolute atomic E-state index is 0.165. The van der Waals surface area contributed by atoms with Gasteiger partial charge in [-0.05, 0) is 31.2 Å². The second-order valence-electron chi connectivity index (χ2n) is 4.82. The molecule has 2 heterocycles. The van der Waals surface area contributed by atoms with Crippen molar-refractivity contribution >= 4 is 51.3 Å². The number of anilines is 1. The van der Waals surface area contributed by atoms with Crippen molar-refractivity contribution in [2.75, 3.05) is 11.1 Å². The highest BCUT2D eigenvalue weighted by Crippen LogP contribution is 2.38. The molecular weight excluding hydrogens is 340 g/mol. The van der Waals surface area contributed by atoms with E-state index in [1.54, 1.807) is 5.51 Å². The van der Waals surface area contributed by atoms with Gasteiger partial charge in [-0.2, -0.15) is 0 Å². The van der Waals surface area contributed by atoms with E-state index in [9.17, 15) is 9.59 Å². The monoisotopic (exact) mass is 354 g/mol. The van der Waals surface area contributed by atoms with Gasteiger partial charge < -0.3 is 11.1 Å². The van der Waals surface area contributed by atoms with Gasteiger partial charge in [0.15, 0.2) is 4.34 Å². The van der Waals surface area contributed by atoms with Crippen LogP contribution in [0.2, 0.25) is 0 Å². The highest BCUT2D eigenvalue weighted by molar-refractivity contribution is 8.01. The predicted molar refractivity (Wildman–Crippen MR) is 88.7 cm³/mol. The second-order valence-corrected chi connectivity index (χ2v) is 7.98. The van der Waals surface area contributed by atoms with Crippen LogP contribution in [0.15, 0.2) is 9.85 Å². The molecule has 3 rings (SSSR count). The van der Waals surface area contributed by atoms with E-state index in [1.165, 1.54) is 39.3 Å². The van der Waals surface area contributed by atoms with E-state index >= 15 is 0 Å². The lowest BCUT2D eigenvalue weighted by atomic mass is 9.95. The third kappa shape index (κ3) is 3.31. The Kier molecular flexibility index (Phi) is 4.74. The zero-order valence-electron chi connectivity index (χ0n) is 11.6. The van der Waals surface area contributed by atoms with Gasteiger partial charge in [-0.1, -0.05) is 23.1 Å². The Morgan fingerprint density at radius 2 is 2.18 bits per heavy atom. The first-order valence-electron chi connectivity index (χ1n) is 6.78. The Morgan fingerprint density at radius 1 is 1.36 bits per heavy atom. The molecule has 1 aliphatic rings. The van der Waals surface area contributed by atoms with E-state index in [4.69, 9.17) is 5.73 Å². The van der Waals surface area contributed by atoms with Crippen molar-refractivity contribution in [1.82, 2.24) is 10.2 Å². The molecule has 22 heavy (non-hydrogen) atoms. The maximum Gasteiger partial charge on any atom is 0.251 e. The standard InChI is InChI=1S/C13H14N4O2S3/c14-11(19)10-7-3-1-2-4-8(7)22-12(10)16-9(18)5-20-13-17-15-6-21-13/h6H,1-5H2,(H2,14,19)(H,16,18). The van der Waals surface area contributed by atoms with Gasteiger partial charge in [0.05, 0.1) is 11.3 Å². The molecule has 0 aliphatic heterocycles. The number of nitrogens with zero attached hydrogens (tertiary/aromatic N) is 2. The third-order valence-electron chi connectivity index (χ3n) is 3.34. The number of thioether (sulfide) groups is 1. The highest BCUT2D eigenvalue weighted by atomic mass is 32.2. The van der Waals surface area contributed by atoms with Crippen LogP contribution in [-0.2, 0) is 17.6 Å². The average Bonchev–Trinajstić information content (AvgIpc) is 3.11. The van der Waals surface area contributed by atoms with Gasteiger partial charge in [-0.25, -0.2) is 0 Å². The summed E-state index contributed by atoms with van der Waals surface area (Å²) in [5, 5.41) is 11.0. The lowest BCUT2D eigenvalue weighted by molar-refractivity contribution is -0.113. The third-order valence-corrected chi connectivity index (χ3v) is 6.41. The van der Waals surface area contributed by atoms with Crippen LogP contribution in [0.1, 0.15) is 33.6 Å². The van der Waals surface area contributed by atoms with E-state index in [0.717, 1.165) is 35.6 Å². The van der Waals surface area contributed by atoms with Crippen molar-refractivity contribution in [3.63, 3.8) is 0 Å². The van der Waals surface area contributed by atoms with Crippen molar-refractivity contribution < 1.29 is 9.59 Å². The lowest BCUT2D eigenvalue weighted by Gasteiger charge is -2.11. The van der Waals surface area contributed by atoms with Crippen LogP contribution in [0, 0.1) is 0 Å². The fraction of sp³-hybridized carbons (Fsp3) is 0.385. The molecule has 0 spiro atoms. The largest absolute Gasteiger partial charge is 0.365 e. The molecule has 0 aromatic carbocycles. The number of hydrogen-bond donors (Lipinski definition) is 2. The number of nitrogens with one attached hydrogen (secondary N) is 1. The van der Waals surface area contributed by atoms with Crippen LogP contribution in [0.5, 0.6) is 0 Å². The number of thiophene rings is 1. The molecule has 0 saturated heterocycles. The van der Waals surface area contributed by atoms with Crippen LogP contribution >= 0.6 is 34.4 Å². The maximum atomic E-state index is 12.1. The fourth-order valence-corrected chi connectivity index (χ4v) is 5.03. The smallest absolute Gasteiger partial charge is 0.251 e. The topological polar surface area (TPSA) is 98.0 Å². The first-order chi connectivity index (χ1) is 10.6. The van der Waals surface area contributed by atoms with Crippen LogP contribution in [0.4, 0.5) is 5.00 Å². The molecule has 0 bridgehead atoms. The van der Waals surface area contributed by atoms with Gasteiger partial charge in [0.1, 0.15) is 10.5 Å². The Morgan fingerprint density at radius 3 is 2.91 bits per heavy atom. The molecule has 6 nitrogen and oxygen atoms in total. The van der Waals surface area contributed by atoms with E-state index in [-0.39, 0.29) is 11.7 Å². The quantitative estimate of drug-likeness (QED) is 0.803. The minimum atomic E-state index is -0.466.